The Labute approximate surface area is 74.2 Å². The molecule has 0 heteroatoms. The van der Waals surface area contributed by atoms with Crippen LogP contribution in [0.15, 0.2) is 49.1 Å². The van der Waals surface area contributed by atoms with Gasteiger partial charge in [-0.25, -0.2) is 0 Å². The monoisotopic (exact) mass is 158 g/mol. The van der Waals surface area contributed by atoms with E-state index >= 15 is 0 Å². The molecule has 1 aromatic rings. The summed E-state index contributed by atoms with van der Waals surface area (Å²) in [6.45, 7) is 6.04. The van der Waals surface area contributed by atoms with Crippen molar-refractivity contribution < 1.29 is 0 Å². The van der Waals surface area contributed by atoms with Crippen LogP contribution in [0, 0.1) is 0 Å². The second-order valence-electron chi connectivity index (χ2n) is 2.74. The summed E-state index contributed by atoms with van der Waals surface area (Å²) in [6, 6.07) is 10.3. The van der Waals surface area contributed by atoms with E-state index in [9.17, 15) is 0 Å². The summed E-state index contributed by atoms with van der Waals surface area (Å²) in [6.07, 6.45) is 5.12. The number of rotatable bonds is 3. The maximum absolute atomic E-state index is 4.01. The summed E-state index contributed by atoms with van der Waals surface area (Å²) < 4.78 is 0. The molecule has 0 atom stereocenters. The topological polar surface area (TPSA) is 0 Å². The minimum Gasteiger partial charge on any atom is -0.0949 e. The van der Waals surface area contributed by atoms with Gasteiger partial charge in [-0.1, -0.05) is 49.1 Å². The fraction of sp³-hybridized carbons (Fsp3) is 0.167. The van der Waals surface area contributed by atoms with Crippen LogP contribution in [-0.2, 0) is 0 Å². The van der Waals surface area contributed by atoms with Crippen molar-refractivity contribution in [1.29, 1.82) is 0 Å². The predicted molar refractivity (Wildman–Crippen MR) is 54.9 cm³/mol. The molecule has 0 aliphatic rings. The Balaban J connectivity index is 2.66. The summed E-state index contributed by atoms with van der Waals surface area (Å²) in [5.74, 6) is 0. The van der Waals surface area contributed by atoms with Crippen molar-refractivity contribution in [3.05, 3.63) is 54.6 Å². The Morgan fingerprint density at radius 2 is 2.00 bits per heavy atom. The van der Waals surface area contributed by atoms with Crippen LogP contribution in [0.4, 0.5) is 0 Å². The number of hydrogen-bond donors (Lipinski definition) is 0. The molecule has 0 saturated heterocycles. The predicted octanol–water partition coefficient (Wildman–Crippen LogP) is 3.67. The normalized spacial score (nSPS) is 10.4. The van der Waals surface area contributed by atoms with Gasteiger partial charge in [-0.2, -0.15) is 0 Å². The van der Waals surface area contributed by atoms with E-state index < -0.39 is 0 Å². The standard InChI is InChI=1S/C12H14/c1-3-4-8-11(2)12-9-6-5-7-10-12/h3-7,9-10H,2,8H2,1H3/b4-3+. The molecule has 0 aliphatic heterocycles. The zero-order valence-electron chi connectivity index (χ0n) is 7.46. The zero-order valence-corrected chi connectivity index (χ0v) is 7.46. The summed E-state index contributed by atoms with van der Waals surface area (Å²) in [5, 5.41) is 0. The van der Waals surface area contributed by atoms with Crippen molar-refractivity contribution in [2.75, 3.05) is 0 Å². The lowest BCUT2D eigenvalue weighted by atomic mass is 10.0. The van der Waals surface area contributed by atoms with Gasteiger partial charge in [0.25, 0.3) is 0 Å². The highest BCUT2D eigenvalue weighted by atomic mass is 14.0. The van der Waals surface area contributed by atoms with Gasteiger partial charge in [0, 0.05) is 0 Å². The van der Waals surface area contributed by atoms with E-state index in [0.717, 1.165) is 6.42 Å². The highest BCUT2D eigenvalue weighted by Gasteiger charge is 1.93. The molecule has 0 nitrogen and oxygen atoms in total. The molecule has 0 spiro atoms. The summed E-state index contributed by atoms with van der Waals surface area (Å²) in [5.41, 5.74) is 2.41. The van der Waals surface area contributed by atoms with Crippen molar-refractivity contribution in [3.8, 4) is 0 Å². The van der Waals surface area contributed by atoms with Gasteiger partial charge in [0.1, 0.15) is 0 Å². The van der Waals surface area contributed by atoms with Crippen molar-refractivity contribution >= 4 is 5.57 Å². The van der Waals surface area contributed by atoms with Crippen LogP contribution in [0.25, 0.3) is 5.57 Å². The van der Waals surface area contributed by atoms with E-state index in [-0.39, 0.29) is 0 Å². The molecule has 62 valence electrons. The first-order valence-electron chi connectivity index (χ1n) is 4.19. The van der Waals surface area contributed by atoms with E-state index in [0.29, 0.717) is 0 Å². The van der Waals surface area contributed by atoms with Crippen LogP contribution in [0.2, 0.25) is 0 Å². The summed E-state index contributed by atoms with van der Waals surface area (Å²) in [4.78, 5) is 0. The summed E-state index contributed by atoms with van der Waals surface area (Å²) in [7, 11) is 0. The number of allylic oxidation sites excluding steroid dienone is 3. The zero-order chi connectivity index (χ0) is 8.81. The second-order valence-corrected chi connectivity index (χ2v) is 2.74. The summed E-state index contributed by atoms with van der Waals surface area (Å²) >= 11 is 0. The Kier molecular flexibility index (Phi) is 3.34. The molecule has 0 bridgehead atoms. The lowest BCUT2D eigenvalue weighted by molar-refractivity contribution is 1.38. The maximum atomic E-state index is 4.01. The van der Waals surface area contributed by atoms with Gasteiger partial charge in [0.2, 0.25) is 0 Å². The fourth-order valence-corrected chi connectivity index (χ4v) is 1.05. The molecular formula is C12H14. The molecule has 0 saturated carbocycles. The molecule has 0 fully saturated rings. The first kappa shape index (κ1) is 8.79. The smallest absolute Gasteiger partial charge is 0.00975 e. The van der Waals surface area contributed by atoms with E-state index in [2.05, 4.69) is 24.8 Å². The van der Waals surface area contributed by atoms with Gasteiger partial charge < -0.3 is 0 Å². The lowest BCUT2D eigenvalue weighted by Gasteiger charge is -2.00. The van der Waals surface area contributed by atoms with Crippen molar-refractivity contribution in [2.24, 2.45) is 0 Å². The minimum absolute atomic E-state index is 0.945. The lowest BCUT2D eigenvalue weighted by Crippen LogP contribution is -1.78. The fourth-order valence-electron chi connectivity index (χ4n) is 1.05. The first-order valence-corrected chi connectivity index (χ1v) is 4.19. The number of hydrogen-bond acceptors (Lipinski definition) is 0. The molecule has 12 heavy (non-hydrogen) atoms. The third-order valence-electron chi connectivity index (χ3n) is 1.78. The number of benzene rings is 1. The van der Waals surface area contributed by atoms with Crippen molar-refractivity contribution in [2.45, 2.75) is 13.3 Å². The van der Waals surface area contributed by atoms with Crippen LogP contribution in [0.5, 0.6) is 0 Å². The SMILES string of the molecule is C=C(C/C=C/C)c1ccccc1. The van der Waals surface area contributed by atoms with Crippen LogP contribution < -0.4 is 0 Å². The van der Waals surface area contributed by atoms with E-state index in [4.69, 9.17) is 0 Å². The average molecular weight is 158 g/mol. The molecule has 0 amide bonds. The maximum Gasteiger partial charge on any atom is -0.00975 e. The van der Waals surface area contributed by atoms with Crippen LogP contribution in [0.3, 0.4) is 0 Å². The molecule has 1 aromatic carbocycles. The third kappa shape index (κ3) is 2.39. The van der Waals surface area contributed by atoms with Gasteiger partial charge in [0.05, 0.1) is 0 Å². The van der Waals surface area contributed by atoms with Gasteiger partial charge in [-0.05, 0) is 24.5 Å². The molecule has 0 heterocycles. The molecule has 0 N–H and O–H groups in total. The van der Waals surface area contributed by atoms with Crippen LogP contribution in [-0.4, -0.2) is 0 Å². The minimum atomic E-state index is 0.945. The molecule has 0 aromatic heterocycles. The molecule has 0 radical (unpaired) electrons. The first-order chi connectivity index (χ1) is 5.84. The highest BCUT2D eigenvalue weighted by Crippen LogP contribution is 2.15. The van der Waals surface area contributed by atoms with Crippen LogP contribution in [0.1, 0.15) is 18.9 Å². The third-order valence-corrected chi connectivity index (χ3v) is 1.78. The molecule has 0 unspecified atom stereocenters. The van der Waals surface area contributed by atoms with Gasteiger partial charge in [-0.15, -0.1) is 0 Å². The van der Waals surface area contributed by atoms with Crippen LogP contribution >= 0.6 is 0 Å². The van der Waals surface area contributed by atoms with Crippen molar-refractivity contribution in [3.63, 3.8) is 0 Å². The Morgan fingerprint density at radius 1 is 1.33 bits per heavy atom. The molecular weight excluding hydrogens is 144 g/mol. The Bertz CT molecular complexity index is 267. The Hall–Kier alpha value is -1.30. The largest absolute Gasteiger partial charge is 0.0949 e. The average Bonchev–Trinajstić information content (AvgIpc) is 2.15. The Morgan fingerprint density at radius 3 is 2.58 bits per heavy atom. The van der Waals surface area contributed by atoms with Gasteiger partial charge in [-0.3, -0.25) is 0 Å². The van der Waals surface area contributed by atoms with Gasteiger partial charge >= 0.3 is 0 Å². The van der Waals surface area contributed by atoms with Crippen molar-refractivity contribution in [1.82, 2.24) is 0 Å². The van der Waals surface area contributed by atoms with Gasteiger partial charge in [0.15, 0.2) is 0 Å². The van der Waals surface area contributed by atoms with E-state index in [1.54, 1.807) is 0 Å². The highest BCUT2D eigenvalue weighted by molar-refractivity contribution is 5.64. The molecule has 1 rings (SSSR count). The van der Waals surface area contributed by atoms with E-state index in [1.807, 2.05) is 31.2 Å². The quantitative estimate of drug-likeness (QED) is 0.589. The molecule has 0 aliphatic carbocycles. The second kappa shape index (κ2) is 4.55. The van der Waals surface area contributed by atoms with E-state index in [1.165, 1.54) is 11.1 Å².